The zero-order chi connectivity index (χ0) is 16.1. The molecule has 116 valence electrons. The molecule has 1 amide bonds. The molecule has 0 saturated carbocycles. The summed E-state index contributed by atoms with van der Waals surface area (Å²) >= 11 is 7.43. The average Bonchev–Trinajstić information content (AvgIpc) is 2.83. The van der Waals surface area contributed by atoms with Crippen LogP contribution in [0.2, 0.25) is 4.34 Å². The Bertz CT molecular complexity index is 684. The molecule has 1 aromatic heterocycles. The number of quaternary nitrogens is 1. The normalized spacial score (nSPS) is 12.0. The molecular weight excluding hydrogens is 320 g/mol. The van der Waals surface area contributed by atoms with E-state index in [1.165, 1.54) is 18.3 Å². The summed E-state index contributed by atoms with van der Waals surface area (Å²) in [5.74, 6) is -0.103. The molecule has 0 fully saturated rings. The van der Waals surface area contributed by atoms with Crippen molar-refractivity contribution in [3.8, 4) is 0 Å². The van der Waals surface area contributed by atoms with Crippen LogP contribution in [0.5, 0.6) is 0 Å². The molecule has 0 radical (unpaired) electrons. The molecule has 1 unspecified atom stereocenters. The lowest BCUT2D eigenvalue weighted by Gasteiger charge is -2.13. The van der Waals surface area contributed by atoms with Gasteiger partial charge in [-0.1, -0.05) is 23.7 Å². The maximum atomic E-state index is 12.1. The summed E-state index contributed by atoms with van der Waals surface area (Å²) in [5.41, 5.74) is 1.23. The molecule has 1 heterocycles. The van der Waals surface area contributed by atoms with Crippen molar-refractivity contribution >= 4 is 40.3 Å². The minimum Gasteiger partial charge on any atom is -0.325 e. The van der Waals surface area contributed by atoms with Gasteiger partial charge in [-0.2, -0.15) is 0 Å². The number of amides is 1. The Kier molecular flexibility index (Phi) is 5.71. The molecule has 1 atom stereocenters. The Balaban J connectivity index is 1.89. The quantitative estimate of drug-likeness (QED) is 0.794. The Morgan fingerprint density at radius 1 is 1.27 bits per heavy atom. The fraction of sp³-hybridized carbons (Fsp3) is 0.250. The Hall–Kier alpha value is -1.69. The molecule has 4 nitrogen and oxygen atoms in total. The Labute approximate surface area is 138 Å². The lowest BCUT2D eigenvalue weighted by atomic mass is 10.1. The first-order chi connectivity index (χ1) is 10.4. The zero-order valence-electron chi connectivity index (χ0n) is 12.5. The average molecular weight is 338 g/mol. The van der Waals surface area contributed by atoms with E-state index in [0.717, 1.165) is 20.7 Å². The molecule has 0 saturated heterocycles. The highest BCUT2D eigenvalue weighted by Gasteiger charge is 2.12. The van der Waals surface area contributed by atoms with Crippen molar-refractivity contribution in [2.75, 3.05) is 18.9 Å². The number of ketones is 1. The SMILES string of the molecule is CC(=O)c1cccc(NC(=O)C[NH+](C)Cc2ccc(Cl)s2)c1. The van der Waals surface area contributed by atoms with Crippen LogP contribution in [0.3, 0.4) is 0 Å². The summed E-state index contributed by atoms with van der Waals surface area (Å²) in [6.45, 7) is 2.60. The minimum absolute atomic E-state index is 0.0200. The molecule has 0 aliphatic rings. The van der Waals surface area contributed by atoms with Gasteiger partial charge in [0.15, 0.2) is 12.3 Å². The summed E-state index contributed by atoms with van der Waals surface area (Å²) in [7, 11) is 1.96. The third-order valence-electron chi connectivity index (χ3n) is 3.12. The number of nitrogens with one attached hydrogen (secondary N) is 2. The number of hydrogen-bond acceptors (Lipinski definition) is 3. The maximum absolute atomic E-state index is 12.1. The predicted molar refractivity (Wildman–Crippen MR) is 89.9 cm³/mol. The van der Waals surface area contributed by atoms with Gasteiger partial charge in [0.25, 0.3) is 5.91 Å². The van der Waals surface area contributed by atoms with Gasteiger partial charge in [0.2, 0.25) is 0 Å². The van der Waals surface area contributed by atoms with E-state index in [9.17, 15) is 9.59 Å². The molecule has 22 heavy (non-hydrogen) atoms. The first-order valence-corrected chi connectivity index (χ1v) is 8.10. The number of likely N-dealkylation sites (N-methyl/N-ethyl adjacent to an activating group) is 1. The predicted octanol–water partition coefficient (Wildman–Crippen LogP) is 2.26. The van der Waals surface area contributed by atoms with Crippen molar-refractivity contribution in [3.63, 3.8) is 0 Å². The fourth-order valence-electron chi connectivity index (χ4n) is 2.10. The van der Waals surface area contributed by atoms with Crippen LogP contribution in [-0.4, -0.2) is 25.3 Å². The van der Waals surface area contributed by atoms with Gasteiger partial charge in [0.1, 0.15) is 6.54 Å². The van der Waals surface area contributed by atoms with Crippen molar-refractivity contribution in [1.29, 1.82) is 0 Å². The summed E-state index contributed by atoms with van der Waals surface area (Å²) in [6.07, 6.45) is 0. The van der Waals surface area contributed by atoms with Crippen LogP contribution in [0.4, 0.5) is 5.69 Å². The molecule has 2 N–H and O–H groups in total. The molecule has 0 spiro atoms. The lowest BCUT2D eigenvalue weighted by Crippen LogP contribution is -3.08. The van der Waals surface area contributed by atoms with E-state index in [-0.39, 0.29) is 11.7 Å². The van der Waals surface area contributed by atoms with E-state index >= 15 is 0 Å². The van der Waals surface area contributed by atoms with Crippen molar-refractivity contribution in [3.05, 3.63) is 51.2 Å². The van der Waals surface area contributed by atoms with Gasteiger partial charge in [-0.15, -0.1) is 11.3 Å². The number of thiophene rings is 1. The largest absolute Gasteiger partial charge is 0.325 e. The molecule has 2 aromatic rings. The minimum atomic E-state index is -0.0825. The van der Waals surface area contributed by atoms with Gasteiger partial charge in [-0.05, 0) is 31.2 Å². The Morgan fingerprint density at radius 3 is 2.68 bits per heavy atom. The Morgan fingerprint density at radius 2 is 2.05 bits per heavy atom. The number of hydrogen-bond donors (Lipinski definition) is 2. The van der Waals surface area contributed by atoms with E-state index in [1.807, 2.05) is 19.2 Å². The van der Waals surface area contributed by atoms with Crippen LogP contribution < -0.4 is 10.2 Å². The smallest absolute Gasteiger partial charge is 0.279 e. The number of benzene rings is 1. The van der Waals surface area contributed by atoms with E-state index < -0.39 is 0 Å². The second kappa shape index (κ2) is 7.54. The zero-order valence-corrected chi connectivity index (χ0v) is 14.1. The molecule has 0 aliphatic carbocycles. The van der Waals surface area contributed by atoms with Crippen molar-refractivity contribution in [2.24, 2.45) is 0 Å². The monoisotopic (exact) mass is 337 g/mol. The van der Waals surface area contributed by atoms with Gasteiger partial charge in [-0.3, -0.25) is 9.59 Å². The van der Waals surface area contributed by atoms with Gasteiger partial charge >= 0.3 is 0 Å². The number of halogens is 1. The highest BCUT2D eigenvalue weighted by atomic mass is 35.5. The van der Waals surface area contributed by atoms with Crippen LogP contribution in [0.1, 0.15) is 22.2 Å². The second-order valence-corrected chi connectivity index (χ2v) is 7.00. The van der Waals surface area contributed by atoms with Crippen LogP contribution in [0.15, 0.2) is 36.4 Å². The van der Waals surface area contributed by atoms with Gasteiger partial charge in [-0.25, -0.2) is 0 Å². The fourth-order valence-corrected chi connectivity index (χ4v) is 3.30. The van der Waals surface area contributed by atoms with Crippen molar-refractivity contribution < 1.29 is 14.5 Å². The van der Waals surface area contributed by atoms with Crippen LogP contribution in [-0.2, 0) is 11.3 Å². The number of carbonyl (C=O) groups excluding carboxylic acids is 2. The molecule has 0 aliphatic heterocycles. The van der Waals surface area contributed by atoms with Crippen molar-refractivity contribution in [2.45, 2.75) is 13.5 Å². The maximum Gasteiger partial charge on any atom is 0.279 e. The topological polar surface area (TPSA) is 50.6 Å². The molecular formula is C16H18ClN2O2S+. The van der Waals surface area contributed by atoms with E-state index in [0.29, 0.717) is 17.8 Å². The number of anilines is 1. The van der Waals surface area contributed by atoms with Crippen molar-refractivity contribution in [1.82, 2.24) is 0 Å². The molecule has 6 heteroatoms. The van der Waals surface area contributed by atoms with Gasteiger partial charge < -0.3 is 10.2 Å². The van der Waals surface area contributed by atoms with E-state index in [1.54, 1.807) is 24.3 Å². The van der Waals surface area contributed by atoms with Gasteiger partial charge in [0.05, 0.1) is 16.3 Å². The summed E-state index contributed by atoms with van der Waals surface area (Å²) < 4.78 is 0.758. The summed E-state index contributed by atoms with van der Waals surface area (Å²) in [4.78, 5) is 25.6. The van der Waals surface area contributed by atoms with Crippen LogP contribution in [0, 0.1) is 0 Å². The third kappa shape index (κ3) is 4.94. The lowest BCUT2D eigenvalue weighted by molar-refractivity contribution is -0.884. The number of Topliss-reactive ketones (excluding diaryl/α,β-unsaturated/α-hetero) is 1. The number of rotatable bonds is 6. The molecule has 1 aromatic carbocycles. The first kappa shape index (κ1) is 16.7. The summed E-state index contributed by atoms with van der Waals surface area (Å²) in [6, 6.07) is 10.8. The van der Waals surface area contributed by atoms with Crippen LogP contribution in [0.25, 0.3) is 0 Å². The highest BCUT2D eigenvalue weighted by Crippen LogP contribution is 2.20. The number of carbonyl (C=O) groups is 2. The standard InChI is InChI=1S/C16H17ClN2O2S/c1-11(20)12-4-3-5-13(8-12)18-16(21)10-19(2)9-14-6-7-15(17)22-14/h3-8H,9-10H2,1-2H3,(H,18,21)/p+1. The highest BCUT2D eigenvalue weighted by molar-refractivity contribution is 7.16. The summed E-state index contributed by atoms with van der Waals surface area (Å²) in [5, 5.41) is 2.82. The van der Waals surface area contributed by atoms with Gasteiger partial charge in [0, 0.05) is 11.3 Å². The van der Waals surface area contributed by atoms with E-state index in [4.69, 9.17) is 11.6 Å². The van der Waals surface area contributed by atoms with Crippen LogP contribution >= 0.6 is 22.9 Å². The first-order valence-electron chi connectivity index (χ1n) is 6.90. The molecule has 2 rings (SSSR count). The third-order valence-corrected chi connectivity index (χ3v) is 4.35. The second-order valence-electron chi connectivity index (χ2n) is 5.20. The molecule has 0 bridgehead atoms. The van der Waals surface area contributed by atoms with E-state index in [2.05, 4.69) is 5.32 Å².